The van der Waals surface area contributed by atoms with Gasteiger partial charge >= 0.3 is 6.09 Å². The van der Waals surface area contributed by atoms with Crippen LogP contribution >= 0.6 is 0 Å². The van der Waals surface area contributed by atoms with Gasteiger partial charge in [-0.15, -0.1) is 0 Å². The Morgan fingerprint density at radius 3 is 2.25 bits per heavy atom. The smallest absolute Gasteiger partial charge is 0.410 e. The van der Waals surface area contributed by atoms with Crippen LogP contribution in [0, 0.1) is 11.3 Å². The van der Waals surface area contributed by atoms with Gasteiger partial charge in [0.25, 0.3) is 0 Å². The molecular weight excluding hydrogens is 502 g/mol. The van der Waals surface area contributed by atoms with Gasteiger partial charge in [0.2, 0.25) is 5.91 Å². The third-order valence-corrected chi connectivity index (χ3v) is 8.46. The summed E-state index contributed by atoms with van der Waals surface area (Å²) in [5, 5.41) is 0. The van der Waals surface area contributed by atoms with Crippen LogP contribution < -0.4 is 4.74 Å². The number of hydrogen-bond donors (Lipinski definition) is 0. The number of hydrogen-bond acceptors (Lipinski definition) is 5. The van der Waals surface area contributed by atoms with Crippen molar-refractivity contribution in [2.24, 2.45) is 11.3 Å². The lowest BCUT2D eigenvalue weighted by Gasteiger charge is -2.41. The van der Waals surface area contributed by atoms with Gasteiger partial charge in [0, 0.05) is 45.6 Å². The molecule has 0 radical (unpaired) electrons. The first-order chi connectivity index (χ1) is 18.9. The number of amides is 2. The van der Waals surface area contributed by atoms with E-state index in [4.69, 9.17) is 9.47 Å². The highest BCUT2D eigenvalue weighted by molar-refractivity contribution is 5.76. The van der Waals surface area contributed by atoms with Gasteiger partial charge in [-0.1, -0.05) is 49.4 Å². The molecule has 2 saturated heterocycles. The molecule has 0 saturated carbocycles. The molecule has 7 heteroatoms. The number of benzene rings is 2. The third kappa shape index (κ3) is 8.00. The molecule has 2 aliphatic heterocycles. The summed E-state index contributed by atoms with van der Waals surface area (Å²) < 4.78 is 10.9. The van der Waals surface area contributed by atoms with E-state index in [0.29, 0.717) is 32.0 Å². The van der Waals surface area contributed by atoms with Gasteiger partial charge in [-0.25, -0.2) is 4.79 Å². The summed E-state index contributed by atoms with van der Waals surface area (Å²) in [6.07, 6.45) is 2.33. The van der Waals surface area contributed by atoms with Gasteiger partial charge in [-0.2, -0.15) is 0 Å². The normalized spacial score (nSPS) is 21.2. The Labute approximate surface area is 240 Å². The zero-order valence-corrected chi connectivity index (χ0v) is 25.2. The van der Waals surface area contributed by atoms with E-state index >= 15 is 0 Å². The third-order valence-electron chi connectivity index (χ3n) is 8.46. The highest BCUT2D eigenvalue weighted by Gasteiger charge is 2.40. The van der Waals surface area contributed by atoms with Crippen molar-refractivity contribution in [3.63, 3.8) is 0 Å². The average Bonchev–Trinajstić information content (AvgIpc) is 3.34. The Balaban J connectivity index is 1.32. The first-order valence-corrected chi connectivity index (χ1v) is 14.6. The van der Waals surface area contributed by atoms with Gasteiger partial charge in [0.15, 0.2) is 0 Å². The number of carbonyl (C=O) groups is 2. The second-order valence-electron chi connectivity index (χ2n) is 13.0. The Bertz CT molecular complexity index is 1120. The first-order valence-electron chi connectivity index (χ1n) is 14.6. The molecule has 2 heterocycles. The van der Waals surface area contributed by atoms with Crippen molar-refractivity contribution in [3.8, 4) is 5.75 Å². The van der Waals surface area contributed by atoms with Crippen molar-refractivity contribution >= 4 is 12.0 Å². The molecule has 0 spiro atoms. The zero-order chi connectivity index (χ0) is 28.9. The predicted molar refractivity (Wildman–Crippen MR) is 158 cm³/mol. The van der Waals surface area contributed by atoms with E-state index in [-0.39, 0.29) is 23.3 Å². The summed E-state index contributed by atoms with van der Waals surface area (Å²) >= 11 is 0. The summed E-state index contributed by atoms with van der Waals surface area (Å²) in [6.45, 7) is 12.9. The average molecular weight is 550 g/mol. The summed E-state index contributed by atoms with van der Waals surface area (Å²) in [5.74, 6) is 1.65. The lowest BCUT2D eigenvalue weighted by Crippen LogP contribution is -2.44. The fourth-order valence-electron chi connectivity index (χ4n) is 5.99. The van der Waals surface area contributed by atoms with Gasteiger partial charge < -0.3 is 24.2 Å². The van der Waals surface area contributed by atoms with E-state index in [1.54, 1.807) is 7.11 Å². The molecule has 2 atom stereocenters. The van der Waals surface area contributed by atoms with Gasteiger partial charge in [-0.3, -0.25) is 4.79 Å². The summed E-state index contributed by atoms with van der Waals surface area (Å²) in [4.78, 5) is 32.3. The van der Waals surface area contributed by atoms with Crippen LogP contribution in [-0.2, 0) is 16.1 Å². The highest BCUT2D eigenvalue weighted by Crippen LogP contribution is 2.38. The van der Waals surface area contributed by atoms with Crippen LogP contribution in [0.15, 0.2) is 54.6 Å². The van der Waals surface area contributed by atoms with E-state index in [0.717, 1.165) is 43.8 Å². The Kier molecular flexibility index (Phi) is 9.44. The van der Waals surface area contributed by atoms with Crippen LogP contribution in [0.25, 0.3) is 0 Å². The zero-order valence-electron chi connectivity index (χ0n) is 25.2. The summed E-state index contributed by atoms with van der Waals surface area (Å²) in [5.41, 5.74) is 1.88. The quantitative estimate of drug-likeness (QED) is 0.417. The number of carbonyl (C=O) groups excluding carboxylic acids is 2. The largest absolute Gasteiger partial charge is 0.497 e. The standard InChI is InChI=1S/C33H47N3O4/c1-32(2,3)40-31(38)36-23-27(29(24-36)26-10-8-7-9-11-26)22-35-18-16-33(4,17-19-35)20-30(37)34(5)21-25-12-14-28(39-6)15-13-25/h7-15,27,29H,16-24H2,1-6H3/t27-,29?/m0/s1. The van der Waals surface area contributed by atoms with Crippen LogP contribution in [0.4, 0.5) is 4.79 Å². The van der Waals surface area contributed by atoms with Crippen LogP contribution in [-0.4, -0.2) is 79.2 Å². The molecule has 0 aliphatic carbocycles. The molecule has 4 rings (SSSR count). The van der Waals surface area contributed by atoms with Crippen molar-refractivity contribution in [1.82, 2.24) is 14.7 Å². The lowest BCUT2D eigenvalue weighted by molar-refractivity contribution is -0.133. The van der Waals surface area contributed by atoms with Crippen molar-refractivity contribution in [2.75, 3.05) is 46.9 Å². The SMILES string of the molecule is COc1ccc(CN(C)C(=O)CC2(C)CCN(C[C@H]3CN(C(=O)OC(C)(C)C)CC3c3ccccc3)CC2)cc1. The molecule has 1 unspecified atom stereocenters. The number of rotatable bonds is 8. The Morgan fingerprint density at radius 1 is 1.00 bits per heavy atom. The summed E-state index contributed by atoms with van der Waals surface area (Å²) in [7, 11) is 3.55. The maximum atomic E-state index is 13.1. The van der Waals surface area contributed by atoms with Gasteiger partial charge in [-0.05, 0) is 81.3 Å². The molecule has 2 aromatic carbocycles. The molecule has 7 nitrogen and oxygen atoms in total. The number of likely N-dealkylation sites (tertiary alicyclic amines) is 2. The minimum Gasteiger partial charge on any atom is -0.497 e. The van der Waals surface area contributed by atoms with Crippen molar-refractivity contribution in [1.29, 1.82) is 0 Å². The van der Waals surface area contributed by atoms with Crippen LogP contribution in [0.3, 0.4) is 0 Å². The van der Waals surface area contributed by atoms with Gasteiger partial charge in [0.1, 0.15) is 11.4 Å². The number of nitrogens with zero attached hydrogens (tertiary/aromatic N) is 3. The number of ether oxygens (including phenoxy) is 2. The second-order valence-corrected chi connectivity index (χ2v) is 13.0. The molecule has 0 N–H and O–H groups in total. The van der Waals surface area contributed by atoms with Crippen molar-refractivity contribution in [3.05, 3.63) is 65.7 Å². The van der Waals surface area contributed by atoms with Crippen LogP contribution in [0.5, 0.6) is 5.75 Å². The molecule has 40 heavy (non-hydrogen) atoms. The van der Waals surface area contributed by atoms with E-state index in [1.165, 1.54) is 5.56 Å². The fourth-order valence-corrected chi connectivity index (χ4v) is 5.99. The van der Waals surface area contributed by atoms with Crippen LogP contribution in [0.2, 0.25) is 0 Å². The van der Waals surface area contributed by atoms with Crippen molar-refractivity contribution < 1.29 is 19.1 Å². The van der Waals surface area contributed by atoms with Gasteiger partial charge in [0.05, 0.1) is 7.11 Å². The monoisotopic (exact) mass is 549 g/mol. The molecule has 2 aromatic rings. The van der Waals surface area contributed by atoms with Crippen LogP contribution in [0.1, 0.15) is 64.0 Å². The first kappa shape index (κ1) is 29.9. The molecule has 0 bridgehead atoms. The topological polar surface area (TPSA) is 62.3 Å². The second kappa shape index (κ2) is 12.6. The van der Waals surface area contributed by atoms with E-state index in [2.05, 4.69) is 36.1 Å². The lowest BCUT2D eigenvalue weighted by atomic mass is 9.77. The summed E-state index contributed by atoms with van der Waals surface area (Å²) in [6, 6.07) is 18.5. The molecule has 2 aliphatic rings. The number of methoxy groups -OCH3 is 1. The maximum absolute atomic E-state index is 13.1. The minimum absolute atomic E-state index is 0.00118. The van der Waals surface area contributed by atoms with E-state index < -0.39 is 5.60 Å². The molecule has 218 valence electrons. The van der Waals surface area contributed by atoms with E-state index in [9.17, 15) is 9.59 Å². The molecular formula is C33H47N3O4. The minimum atomic E-state index is -0.505. The highest BCUT2D eigenvalue weighted by atomic mass is 16.6. The fraction of sp³-hybridized carbons (Fsp3) is 0.576. The maximum Gasteiger partial charge on any atom is 0.410 e. The molecule has 0 aromatic heterocycles. The predicted octanol–water partition coefficient (Wildman–Crippen LogP) is 5.80. The van der Waals surface area contributed by atoms with E-state index in [1.807, 2.05) is 68.0 Å². The molecule has 2 fully saturated rings. The Morgan fingerprint density at radius 2 is 1.65 bits per heavy atom. The Hall–Kier alpha value is -3.06. The molecule has 2 amide bonds. The van der Waals surface area contributed by atoms with Crippen molar-refractivity contribution in [2.45, 2.75) is 65.0 Å². The number of piperidine rings is 1.